The van der Waals surface area contributed by atoms with Crippen molar-refractivity contribution >= 4 is 28.3 Å². The highest BCUT2D eigenvalue weighted by molar-refractivity contribution is 9.10. The van der Waals surface area contributed by atoms with Gasteiger partial charge >= 0.3 is 0 Å². The minimum atomic E-state index is 0. The summed E-state index contributed by atoms with van der Waals surface area (Å²) in [5, 5.41) is 3.38. The summed E-state index contributed by atoms with van der Waals surface area (Å²) in [6.45, 7) is 1.73. The predicted octanol–water partition coefficient (Wildman–Crippen LogP) is 3.56. The van der Waals surface area contributed by atoms with Crippen molar-refractivity contribution in [3.8, 4) is 0 Å². The summed E-state index contributed by atoms with van der Waals surface area (Å²) in [5.74, 6) is 0. The Bertz CT molecular complexity index is 431. The minimum absolute atomic E-state index is 0. The van der Waals surface area contributed by atoms with Crippen molar-refractivity contribution in [3.63, 3.8) is 0 Å². The highest BCUT2D eigenvalue weighted by Crippen LogP contribution is 2.10. The molecule has 90 valence electrons. The number of nitrogens with zero attached hydrogens (tertiary/aromatic N) is 1. The topological polar surface area (TPSA) is 24.9 Å². The second-order valence-corrected chi connectivity index (χ2v) is 4.51. The Labute approximate surface area is 116 Å². The molecule has 0 amide bonds. The van der Waals surface area contributed by atoms with E-state index >= 15 is 0 Å². The van der Waals surface area contributed by atoms with Crippen molar-refractivity contribution in [1.29, 1.82) is 0 Å². The smallest absolute Gasteiger partial charge is 0.0312 e. The minimum Gasteiger partial charge on any atom is -0.309 e. The summed E-state index contributed by atoms with van der Waals surface area (Å²) in [7, 11) is 0. The number of pyridine rings is 1. The molecule has 1 N–H and O–H groups in total. The van der Waals surface area contributed by atoms with Gasteiger partial charge in [-0.15, -0.1) is 12.4 Å². The number of nitrogens with one attached hydrogen (secondary N) is 1. The molecule has 1 aromatic carbocycles. The summed E-state index contributed by atoms with van der Waals surface area (Å²) in [5.41, 5.74) is 2.49. The van der Waals surface area contributed by atoms with Crippen molar-refractivity contribution < 1.29 is 0 Å². The molecule has 4 heteroatoms. The number of rotatable bonds is 4. The average Bonchev–Trinajstić information content (AvgIpc) is 2.33. The molecule has 0 saturated heterocycles. The van der Waals surface area contributed by atoms with Crippen LogP contribution >= 0.6 is 28.3 Å². The van der Waals surface area contributed by atoms with E-state index in [1.165, 1.54) is 11.1 Å². The first-order chi connectivity index (χ1) is 7.84. The maximum absolute atomic E-state index is 4.08. The summed E-state index contributed by atoms with van der Waals surface area (Å²) in [4.78, 5) is 4.08. The monoisotopic (exact) mass is 312 g/mol. The van der Waals surface area contributed by atoms with Crippen molar-refractivity contribution in [2.24, 2.45) is 0 Å². The Kier molecular flexibility index (Phi) is 6.19. The van der Waals surface area contributed by atoms with Crippen LogP contribution in [0.1, 0.15) is 11.1 Å². The number of hydrogen-bond donors (Lipinski definition) is 1. The molecule has 0 atom stereocenters. The van der Waals surface area contributed by atoms with Crippen LogP contribution in [0.25, 0.3) is 0 Å². The highest BCUT2D eigenvalue weighted by Gasteiger charge is 1.94. The third-order valence-electron chi connectivity index (χ3n) is 2.29. The van der Waals surface area contributed by atoms with Crippen LogP contribution in [0.2, 0.25) is 0 Å². The first kappa shape index (κ1) is 14.2. The first-order valence-electron chi connectivity index (χ1n) is 5.18. The molecule has 2 nitrogen and oxygen atoms in total. The molecule has 1 aromatic heterocycles. The fraction of sp³-hybridized carbons (Fsp3) is 0.154. The molecule has 0 spiro atoms. The Morgan fingerprint density at radius 2 is 1.71 bits per heavy atom. The van der Waals surface area contributed by atoms with Gasteiger partial charge in [0, 0.05) is 30.0 Å². The van der Waals surface area contributed by atoms with Crippen molar-refractivity contribution in [1.82, 2.24) is 10.3 Å². The van der Waals surface area contributed by atoms with Crippen molar-refractivity contribution in [2.75, 3.05) is 0 Å². The first-order valence-corrected chi connectivity index (χ1v) is 5.98. The lowest BCUT2D eigenvalue weighted by Crippen LogP contribution is -2.12. The molecule has 0 bridgehead atoms. The van der Waals surface area contributed by atoms with Gasteiger partial charge in [-0.2, -0.15) is 0 Å². The zero-order valence-electron chi connectivity index (χ0n) is 9.27. The zero-order valence-corrected chi connectivity index (χ0v) is 11.7. The van der Waals surface area contributed by atoms with Crippen LogP contribution in [0.4, 0.5) is 0 Å². The van der Waals surface area contributed by atoms with E-state index in [9.17, 15) is 0 Å². The van der Waals surface area contributed by atoms with Crippen LogP contribution in [-0.4, -0.2) is 4.98 Å². The third kappa shape index (κ3) is 4.86. The number of halogens is 2. The van der Waals surface area contributed by atoms with Crippen LogP contribution in [0.3, 0.4) is 0 Å². The largest absolute Gasteiger partial charge is 0.309 e. The summed E-state index contributed by atoms with van der Waals surface area (Å²) < 4.78 is 1.11. The second kappa shape index (κ2) is 7.43. The van der Waals surface area contributed by atoms with Gasteiger partial charge in [-0.25, -0.2) is 0 Å². The zero-order chi connectivity index (χ0) is 11.2. The predicted molar refractivity (Wildman–Crippen MR) is 76.2 cm³/mol. The second-order valence-electron chi connectivity index (χ2n) is 3.59. The van der Waals surface area contributed by atoms with E-state index in [0.717, 1.165) is 17.6 Å². The van der Waals surface area contributed by atoms with E-state index in [2.05, 4.69) is 56.6 Å². The Hall–Kier alpha value is -0.900. The van der Waals surface area contributed by atoms with E-state index in [0.29, 0.717) is 0 Å². The van der Waals surface area contributed by atoms with Crippen LogP contribution < -0.4 is 5.32 Å². The molecule has 0 unspecified atom stereocenters. The maximum Gasteiger partial charge on any atom is 0.0312 e. The molecule has 17 heavy (non-hydrogen) atoms. The van der Waals surface area contributed by atoms with Crippen molar-refractivity contribution in [3.05, 3.63) is 64.4 Å². The van der Waals surface area contributed by atoms with E-state index in [4.69, 9.17) is 0 Å². The molecule has 0 saturated carbocycles. The molecule has 2 rings (SSSR count). The molecule has 1 heterocycles. The summed E-state index contributed by atoms with van der Waals surface area (Å²) in [6, 6.07) is 12.4. The molecule has 0 aliphatic heterocycles. The normalized spacial score (nSPS) is 9.71. The van der Waals surface area contributed by atoms with Crippen molar-refractivity contribution in [2.45, 2.75) is 13.1 Å². The van der Waals surface area contributed by atoms with Gasteiger partial charge in [-0.05, 0) is 29.3 Å². The number of benzene rings is 1. The van der Waals surface area contributed by atoms with E-state index < -0.39 is 0 Å². The third-order valence-corrected chi connectivity index (χ3v) is 2.82. The lowest BCUT2D eigenvalue weighted by atomic mass is 10.2. The van der Waals surface area contributed by atoms with Crippen LogP contribution in [0, 0.1) is 0 Å². The molecular formula is C13H14BrClN2. The van der Waals surface area contributed by atoms with Gasteiger partial charge in [0.15, 0.2) is 0 Å². The highest BCUT2D eigenvalue weighted by atomic mass is 79.9. The van der Waals surface area contributed by atoms with Gasteiger partial charge in [-0.1, -0.05) is 34.1 Å². The maximum atomic E-state index is 4.08. The Morgan fingerprint density at radius 1 is 1.00 bits per heavy atom. The van der Waals surface area contributed by atoms with Gasteiger partial charge in [0.05, 0.1) is 0 Å². The molecule has 2 aromatic rings. The van der Waals surface area contributed by atoms with E-state index in [-0.39, 0.29) is 12.4 Å². The van der Waals surface area contributed by atoms with Crippen LogP contribution in [0.15, 0.2) is 53.3 Å². The molecule has 0 radical (unpaired) electrons. The lowest BCUT2D eigenvalue weighted by molar-refractivity contribution is 0.691. The van der Waals surface area contributed by atoms with Gasteiger partial charge < -0.3 is 5.32 Å². The summed E-state index contributed by atoms with van der Waals surface area (Å²) in [6.07, 6.45) is 3.67. The fourth-order valence-corrected chi connectivity index (χ4v) is 1.72. The molecular weight excluding hydrogens is 300 g/mol. The van der Waals surface area contributed by atoms with Gasteiger partial charge in [-0.3, -0.25) is 4.98 Å². The molecule has 0 fully saturated rings. The number of aromatic nitrogens is 1. The summed E-state index contributed by atoms with van der Waals surface area (Å²) >= 11 is 3.42. The molecule has 0 aliphatic carbocycles. The van der Waals surface area contributed by atoms with E-state index in [1.807, 2.05) is 12.3 Å². The average molecular weight is 314 g/mol. The van der Waals surface area contributed by atoms with E-state index in [1.54, 1.807) is 6.20 Å². The van der Waals surface area contributed by atoms with Gasteiger partial charge in [0.2, 0.25) is 0 Å². The fourth-order valence-electron chi connectivity index (χ4n) is 1.46. The Balaban J connectivity index is 0.00000144. The molecule has 0 aliphatic rings. The lowest BCUT2D eigenvalue weighted by Gasteiger charge is -2.04. The van der Waals surface area contributed by atoms with Crippen LogP contribution in [0.5, 0.6) is 0 Å². The van der Waals surface area contributed by atoms with Gasteiger partial charge in [0.25, 0.3) is 0 Å². The SMILES string of the molecule is Brc1ccc(CNCc2cccnc2)cc1.Cl. The standard InChI is InChI=1S/C13H13BrN2.ClH/c14-13-5-3-11(4-6-13)8-16-10-12-2-1-7-15-9-12;/h1-7,9,16H,8,10H2;1H. The number of hydrogen-bond acceptors (Lipinski definition) is 2. The van der Waals surface area contributed by atoms with Gasteiger partial charge in [0.1, 0.15) is 0 Å². The Morgan fingerprint density at radius 3 is 2.35 bits per heavy atom. The van der Waals surface area contributed by atoms with Crippen LogP contribution in [-0.2, 0) is 13.1 Å². The quantitative estimate of drug-likeness (QED) is 0.933.